The van der Waals surface area contributed by atoms with E-state index in [2.05, 4.69) is 21.5 Å². The largest absolute Gasteiger partial charge is 0.369 e. The third-order valence-electron chi connectivity index (χ3n) is 5.47. The van der Waals surface area contributed by atoms with Gasteiger partial charge in [-0.05, 0) is 43.2 Å². The molecule has 9 heteroatoms. The van der Waals surface area contributed by atoms with Crippen molar-refractivity contribution in [3.8, 4) is 17.3 Å². The lowest BCUT2D eigenvalue weighted by Gasteiger charge is -2.13. The molecule has 0 aliphatic rings. The highest BCUT2D eigenvalue weighted by molar-refractivity contribution is 6.33. The SMILES string of the molecule is CC(=O)CCCNc1nc(F)c(-c2nn(Cc3ccc(C#N)cc3)c(=O)c3ccccc23)cc1Cl. The van der Waals surface area contributed by atoms with E-state index in [4.69, 9.17) is 16.9 Å². The second kappa shape index (κ2) is 10.5. The molecule has 0 radical (unpaired) electrons. The van der Waals surface area contributed by atoms with Gasteiger partial charge in [0.15, 0.2) is 0 Å². The summed E-state index contributed by atoms with van der Waals surface area (Å²) in [7, 11) is 0. The summed E-state index contributed by atoms with van der Waals surface area (Å²) in [5.41, 5.74) is 1.25. The molecule has 2 aromatic carbocycles. The number of fused-ring (bicyclic) bond motifs is 1. The minimum absolute atomic E-state index is 0.0639. The number of carbonyl (C=O) groups is 1. The summed E-state index contributed by atoms with van der Waals surface area (Å²) in [6, 6.07) is 17.1. The van der Waals surface area contributed by atoms with Crippen molar-refractivity contribution in [3.63, 3.8) is 0 Å². The molecule has 35 heavy (non-hydrogen) atoms. The van der Waals surface area contributed by atoms with Gasteiger partial charge in [-0.2, -0.15) is 14.8 Å². The van der Waals surface area contributed by atoms with Crippen molar-refractivity contribution < 1.29 is 9.18 Å². The second-order valence-corrected chi connectivity index (χ2v) is 8.46. The van der Waals surface area contributed by atoms with E-state index in [-0.39, 0.29) is 40.0 Å². The summed E-state index contributed by atoms with van der Waals surface area (Å²) in [5, 5.41) is 17.5. The minimum atomic E-state index is -0.787. The van der Waals surface area contributed by atoms with Crippen LogP contribution in [0.25, 0.3) is 22.0 Å². The lowest BCUT2D eigenvalue weighted by molar-refractivity contribution is -0.117. The molecule has 176 valence electrons. The van der Waals surface area contributed by atoms with E-state index in [0.717, 1.165) is 5.56 Å². The Balaban J connectivity index is 1.75. The number of hydrogen-bond donors (Lipinski definition) is 1. The van der Waals surface area contributed by atoms with Gasteiger partial charge >= 0.3 is 0 Å². The number of nitrogens with one attached hydrogen (secondary N) is 1. The molecule has 0 fully saturated rings. The van der Waals surface area contributed by atoms with Crippen LogP contribution in [0.5, 0.6) is 0 Å². The maximum absolute atomic E-state index is 15.2. The van der Waals surface area contributed by atoms with Crippen LogP contribution in [0, 0.1) is 17.3 Å². The Morgan fingerprint density at radius 2 is 1.89 bits per heavy atom. The number of halogens is 2. The Hall–Kier alpha value is -4.09. The zero-order valence-electron chi connectivity index (χ0n) is 18.9. The summed E-state index contributed by atoms with van der Waals surface area (Å²) >= 11 is 6.39. The lowest BCUT2D eigenvalue weighted by Crippen LogP contribution is -2.24. The molecule has 0 atom stereocenters. The highest BCUT2D eigenvalue weighted by Crippen LogP contribution is 2.31. The summed E-state index contributed by atoms with van der Waals surface area (Å²) < 4.78 is 16.5. The van der Waals surface area contributed by atoms with Crippen LogP contribution < -0.4 is 10.9 Å². The van der Waals surface area contributed by atoms with Crippen LogP contribution >= 0.6 is 11.6 Å². The number of nitriles is 1. The number of nitrogens with zero attached hydrogens (tertiary/aromatic N) is 4. The molecule has 1 N–H and O–H groups in total. The standard InChI is InChI=1S/C26H21ClFN5O2/c1-16(34)5-4-12-30-25-22(27)13-21(24(28)31-25)23-19-6-2-3-7-20(19)26(35)33(32-23)15-18-10-8-17(14-29)9-11-18/h2-3,6-11,13H,4-5,12,15H2,1H3,(H,30,31). The van der Waals surface area contributed by atoms with Gasteiger partial charge in [0.05, 0.1) is 34.1 Å². The van der Waals surface area contributed by atoms with Gasteiger partial charge in [0.2, 0.25) is 5.95 Å². The number of benzene rings is 2. The van der Waals surface area contributed by atoms with E-state index in [9.17, 15) is 9.59 Å². The van der Waals surface area contributed by atoms with Gasteiger partial charge in [-0.1, -0.05) is 41.9 Å². The molecule has 0 aliphatic carbocycles. The third kappa shape index (κ3) is 5.36. The molecule has 0 bridgehead atoms. The van der Waals surface area contributed by atoms with E-state index in [1.165, 1.54) is 17.7 Å². The van der Waals surface area contributed by atoms with Crippen LogP contribution in [0.4, 0.5) is 10.2 Å². The first-order valence-electron chi connectivity index (χ1n) is 11.0. The van der Waals surface area contributed by atoms with Gasteiger partial charge in [0, 0.05) is 18.4 Å². The average molecular weight is 490 g/mol. The molecule has 0 aliphatic heterocycles. The molecule has 0 unspecified atom stereocenters. The number of pyridine rings is 1. The zero-order chi connectivity index (χ0) is 24.9. The molecule has 0 spiro atoms. The molecule has 0 saturated heterocycles. The Labute approximate surface area is 205 Å². The molecule has 2 aromatic heterocycles. The van der Waals surface area contributed by atoms with Crippen LogP contribution in [-0.4, -0.2) is 27.1 Å². The van der Waals surface area contributed by atoms with Crippen molar-refractivity contribution >= 4 is 34.0 Å². The highest BCUT2D eigenvalue weighted by atomic mass is 35.5. The quantitative estimate of drug-likeness (QED) is 0.277. The van der Waals surface area contributed by atoms with E-state index in [0.29, 0.717) is 35.7 Å². The third-order valence-corrected chi connectivity index (χ3v) is 5.75. The van der Waals surface area contributed by atoms with Gasteiger partial charge in [0.25, 0.3) is 5.56 Å². The first-order valence-corrected chi connectivity index (χ1v) is 11.3. The lowest BCUT2D eigenvalue weighted by atomic mass is 10.1. The van der Waals surface area contributed by atoms with Gasteiger partial charge in [-0.15, -0.1) is 0 Å². The summed E-state index contributed by atoms with van der Waals surface area (Å²) in [4.78, 5) is 28.2. The molecular formula is C26H21ClFN5O2. The Kier molecular flexibility index (Phi) is 7.18. The van der Waals surface area contributed by atoms with Crippen LogP contribution in [0.15, 0.2) is 59.4 Å². The summed E-state index contributed by atoms with van der Waals surface area (Å²) in [6.45, 7) is 2.07. The van der Waals surface area contributed by atoms with Crippen molar-refractivity contribution in [1.82, 2.24) is 14.8 Å². The predicted molar refractivity (Wildman–Crippen MR) is 133 cm³/mol. The van der Waals surface area contributed by atoms with Crippen LogP contribution in [0.1, 0.15) is 30.9 Å². The fourth-order valence-corrected chi connectivity index (χ4v) is 3.92. The van der Waals surface area contributed by atoms with Crippen molar-refractivity contribution in [3.05, 3.63) is 87.0 Å². The molecule has 7 nitrogen and oxygen atoms in total. The van der Waals surface area contributed by atoms with E-state index >= 15 is 4.39 Å². The van der Waals surface area contributed by atoms with Gasteiger partial charge < -0.3 is 10.1 Å². The maximum atomic E-state index is 15.2. The van der Waals surface area contributed by atoms with Crippen molar-refractivity contribution in [1.29, 1.82) is 5.26 Å². The number of Topliss-reactive ketones (excluding diaryl/α,β-unsaturated/α-hetero) is 1. The summed E-state index contributed by atoms with van der Waals surface area (Å²) in [5.74, 6) is -0.544. The maximum Gasteiger partial charge on any atom is 0.274 e. The minimum Gasteiger partial charge on any atom is -0.369 e. The smallest absolute Gasteiger partial charge is 0.274 e. The Bertz CT molecular complexity index is 1510. The number of carbonyl (C=O) groups excluding carboxylic acids is 1. The topological polar surface area (TPSA) is 101 Å². The van der Waals surface area contributed by atoms with E-state index in [1.54, 1.807) is 48.5 Å². The Morgan fingerprint density at radius 1 is 1.17 bits per heavy atom. The molecule has 4 rings (SSSR count). The molecule has 4 aromatic rings. The van der Waals surface area contributed by atoms with Crippen LogP contribution in [0.2, 0.25) is 5.02 Å². The van der Waals surface area contributed by atoms with Crippen molar-refractivity contribution in [2.24, 2.45) is 0 Å². The first kappa shape index (κ1) is 24.0. The fraction of sp³-hybridized carbons (Fsp3) is 0.192. The second-order valence-electron chi connectivity index (χ2n) is 8.06. The highest BCUT2D eigenvalue weighted by Gasteiger charge is 2.19. The first-order chi connectivity index (χ1) is 16.9. The van der Waals surface area contributed by atoms with Crippen LogP contribution in [-0.2, 0) is 11.3 Å². The number of rotatable bonds is 8. The van der Waals surface area contributed by atoms with Gasteiger partial charge in [-0.3, -0.25) is 4.79 Å². The van der Waals surface area contributed by atoms with E-state index < -0.39 is 5.95 Å². The fourth-order valence-electron chi connectivity index (χ4n) is 3.70. The molecular weight excluding hydrogens is 469 g/mol. The number of ketones is 1. The summed E-state index contributed by atoms with van der Waals surface area (Å²) in [6.07, 6.45) is 0.977. The Morgan fingerprint density at radius 3 is 2.57 bits per heavy atom. The number of aromatic nitrogens is 3. The molecule has 0 saturated carbocycles. The van der Waals surface area contributed by atoms with Crippen molar-refractivity contribution in [2.75, 3.05) is 11.9 Å². The van der Waals surface area contributed by atoms with Crippen LogP contribution in [0.3, 0.4) is 0 Å². The van der Waals surface area contributed by atoms with Gasteiger partial charge in [0.1, 0.15) is 17.3 Å². The normalized spacial score (nSPS) is 10.8. The van der Waals surface area contributed by atoms with E-state index in [1.807, 2.05) is 0 Å². The van der Waals surface area contributed by atoms with Gasteiger partial charge in [-0.25, -0.2) is 9.67 Å². The number of anilines is 1. The van der Waals surface area contributed by atoms with Crippen molar-refractivity contribution in [2.45, 2.75) is 26.3 Å². The molecule has 2 heterocycles. The molecule has 0 amide bonds. The zero-order valence-corrected chi connectivity index (χ0v) is 19.6. The predicted octanol–water partition coefficient (Wildman–Crippen LogP) is 4.95. The average Bonchev–Trinajstić information content (AvgIpc) is 2.86. The monoisotopic (exact) mass is 489 g/mol. The number of hydrogen-bond acceptors (Lipinski definition) is 6.